The number of alkyl halides is 2. The van der Waals surface area contributed by atoms with E-state index in [9.17, 15) is 8.78 Å². The van der Waals surface area contributed by atoms with Crippen LogP contribution < -0.4 is 4.74 Å². The van der Waals surface area contributed by atoms with Gasteiger partial charge in [0.25, 0.3) is 0 Å². The molecule has 0 aromatic heterocycles. The van der Waals surface area contributed by atoms with Crippen LogP contribution in [0.25, 0.3) is 6.08 Å². The molecule has 0 heterocycles. The Hall–Kier alpha value is -1.42. The summed E-state index contributed by atoms with van der Waals surface area (Å²) in [5, 5.41) is 0. The summed E-state index contributed by atoms with van der Waals surface area (Å²) in [4.78, 5) is 0. The van der Waals surface area contributed by atoms with Gasteiger partial charge in [0.2, 0.25) is 0 Å². The predicted octanol–water partition coefficient (Wildman–Crippen LogP) is 4.51. The van der Waals surface area contributed by atoms with Crippen LogP contribution in [0.4, 0.5) is 8.78 Å². The first-order valence-corrected chi connectivity index (χ1v) is 6.93. The van der Waals surface area contributed by atoms with Crippen molar-refractivity contribution < 1.29 is 18.3 Å². The van der Waals surface area contributed by atoms with Crippen LogP contribution in [0.15, 0.2) is 30.3 Å². The fraction of sp³-hybridized carbons (Fsp3) is 0.500. The molecule has 0 radical (unpaired) electrons. The molecule has 2 nitrogen and oxygen atoms in total. The summed E-state index contributed by atoms with van der Waals surface area (Å²) in [7, 11) is 1.77. The first-order chi connectivity index (χ1) is 9.67. The van der Waals surface area contributed by atoms with Crippen molar-refractivity contribution in [3.8, 4) is 5.75 Å². The van der Waals surface area contributed by atoms with Crippen LogP contribution in [-0.2, 0) is 4.74 Å². The van der Waals surface area contributed by atoms with Gasteiger partial charge in [0.15, 0.2) is 0 Å². The number of ether oxygens (including phenoxy) is 2. The number of rotatable bonds is 5. The van der Waals surface area contributed by atoms with Crippen molar-refractivity contribution >= 4 is 6.08 Å². The largest absolute Gasteiger partial charge is 0.435 e. The highest BCUT2D eigenvalue weighted by molar-refractivity contribution is 5.50. The van der Waals surface area contributed by atoms with Crippen LogP contribution >= 0.6 is 0 Å². The summed E-state index contributed by atoms with van der Waals surface area (Å²) < 4.78 is 33.7. The molecular formula is C16H20F2O2. The maximum absolute atomic E-state index is 12.0. The summed E-state index contributed by atoms with van der Waals surface area (Å²) in [6, 6.07) is 6.70. The lowest BCUT2D eigenvalue weighted by Crippen LogP contribution is -2.19. The van der Waals surface area contributed by atoms with Crippen molar-refractivity contribution in [3.05, 3.63) is 35.9 Å². The molecular weight excluding hydrogens is 262 g/mol. The molecule has 1 aliphatic rings. The third-order valence-electron chi connectivity index (χ3n) is 3.72. The molecule has 0 saturated heterocycles. The Bertz CT molecular complexity index is 421. The average molecular weight is 282 g/mol. The molecule has 1 aromatic carbocycles. The SMILES string of the molecule is CO[C@H]1CC[C@H](C=Cc2ccc(OC(F)F)cc2)CC1. The van der Waals surface area contributed by atoms with Gasteiger partial charge >= 0.3 is 6.61 Å². The van der Waals surface area contributed by atoms with Gasteiger partial charge < -0.3 is 9.47 Å². The molecule has 1 fully saturated rings. The quantitative estimate of drug-likeness (QED) is 0.791. The van der Waals surface area contributed by atoms with E-state index in [1.807, 2.05) is 6.08 Å². The molecule has 0 amide bonds. The number of methoxy groups -OCH3 is 1. The topological polar surface area (TPSA) is 18.5 Å². The summed E-state index contributed by atoms with van der Waals surface area (Å²) in [6.07, 6.45) is 9.15. The molecule has 1 aromatic rings. The molecule has 1 saturated carbocycles. The molecule has 0 spiro atoms. The normalized spacial score (nSPS) is 23.4. The Morgan fingerprint density at radius 1 is 1.10 bits per heavy atom. The zero-order valence-electron chi connectivity index (χ0n) is 11.6. The molecule has 0 atom stereocenters. The van der Waals surface area contributed by atoms with Gasteiger partial charge in [-0.25, -0.2) is 0 Å². The second-order valence-electron chi connectivity index (χ2n) is 5.08. The van der Waals surface area contributed by atoms with Crippen LogP contribution in [0.1, 0.15) is 31.2 Å². The summed E-state index contributed by atoms with van der Waals surface area (Å²) >= 11 is 0. The van der Waals surface area contributed by atoms with Gasteiger partial charge in [0.05, 0.1) is 6.10 Å². The lowest BCUT2D eigenvalue weighted by atomic mass is 9.87. The van der Waals surface area contributed by atoms with Gasteiger partial charge in [-0.05, 0) is 49.3 Å². The van der Waals surface area contributed by atoms with Crippen molar-refractivity contribution in [1.29, 1.82) is 0 Å². The zero-order valence-corrected chi connectivity index (χ0v) is 11.6. The Morgan fingerprint density at radius 3 is 2.30 bits per heavy atom. The summed E-state index contributed by atoms with van der Waals surface area (Å²) in [5.74, 6) is 0.774. The second-order valence-corrected chi connectivity index (χ2v) is 5.08. The maximum atomic E-state index is 12.0. The van der Waals surface area contributed by atoms with E-state index < -0.39 is 6.61 Å². The van der Waals surface area contributed by atoms with E-state index in [1.54, 1.807) is 31.4 Å². The highest BCUT2D eigenvalue weighted by Gasteiger charge is 2.18. The second kappa shape index (κ2) is 7.39. The average Bonchev–Trinajstić information content (AvgIpc) is 2.46. The Labute approximate surface area is 118 Å². The van der Waals surface area contributed by atoms with Crippen LogP contribution in [0, 0.1) is 5.92 Å². The highest BCUT2D eigenvalue weighted by atomic mass is 19.3. The van der Waals surface area contributed by atoms with Gasteiger partial charge in [0, 0.05) is 7.11 Å². The monoisotopic (exact) mass is 282 g/mol. The van der Waals surface area contributed by atoms with Crippen LogP contribution in [0.2, 0.25) is 0 Å². The molecule has 2 rings (SSSR count). The van der Waals surface area contributed by atoms with Crippen molar-refractivity contribution in [2.24, 2.45) is 5.92 Å². The number of benzene rings is 1. The lowest BCUT2D eigenvalue weighted by Gasteiger charge is -2.25. The fourth-order valence-corrected chi connectivity index (χ4v) is 2.52. The Morgan fingerprint density at radius 2 is 1.75 bits per heavy atom. The summed E-state index contributed by atoms with van der Waals surface area (Å²) in [5.41, 5.74) is 1.00. The molecule has 0 N–H and O–H groups in total. The number of hydrogen-bond donors (Lipinski definition) is 0. The van der Waals surface area contributed by atoms with Gasteiger partial charge in [-0.1, -0.05) is 24.3 Å². The van der Waals surface area contributed by atoms with Crippen LogP contribution in [0.3, 0.4) is 0 Å². The number of halogens is 2. The minimum atomic E-state index is -2.77. The minimum absolute atomic E-state index is 0.192. The first-order valence-electron chi connectivity index (χ1n) is 6.93. The van der Waals surface area contributed by atoms with Crippen molar-refractivity contribution in [2.45, 2.75) is 38.4 Å². The Balaban J connectivity index is 1.85. The molecule has 0 bridgehead atoms. The van der Waals surface area contributed by atoms with E-state index in [0.717, 1.165) is 31.2 Å². The standard InChI is InChI=1S/C16H20F2O2/c1-19-14-8-4-12(5-9-14)2-3-13-6-10-15(11-7-13)20-16(17)18/h2-3,6-7,10-12,14,16H,4-5,8-9H2,1H3/t12-,14-. The lowest BCUT2D eigenvalue weighted by molar-refractivity contribution is -0.0498. The van der Waals surface area contributed by atoms with E-state index in [2.05, 4.69) is 10.8 Å². The van der Waals surface area contributed by atoms with E-state index in [4.69, 9.17) is 4.74 Å². The molecule has 0 unspecified atom stereocenters. The molecule has 110 valence electrons. The molecule has 1 aliphatic carbocycles. The number of hydrogen-bond acceptors (Lipinski definition) is 2. The zero-order chi connectivity index (χ0) is 14.4. The summed E-state index contributed by atoms with van der Waals surface area (Å²) in [6.45, 7) is -2.77. The highest BCUT2D eigenvalue weighted by Crippen LogP contribution is 2.27. The third kappa shape index (κ3) is 4.60. The van der Waals surface area contributed by atoms with Gasteiger partial charge in [-0.2, -0.15) is 8.78 Å². The van der Waals surface area contributed by atoms with Crippen molar-refractivity contribution in [2.75, 3.05) is 7.11 Å². The van der Waals surface area contributed by atoms with Gasteiger partial charge in [-0.15, -0.1) is 0 Å². The smallest absolute Gasteiger partial charge is 0.387 e. The third-order valence-corrected chi connectivity index (χ3v) is 3.72. The van der Waals surface area contributed by atoms with E-state index >= 15 is 0 Å². The van der Waals surface area contributed by atoms with Gasteiger partial charge in [-0.3, -0.25) is 0 Å². The van der Waals surface area contributed by atoms with Crippen LogP contribution in [-0.4, -0.2) is 19.8 Å². The molecule has 4 heteroatoms. The predicted molar refractivity (Wildman–Crippen MR) is 74.9 cm³/mol. The van der Waals surface area contributed by atoms with E-state index in [-0.39, 0.29) is 5.75 Å². The van der Waals surface area contributed by atoms with Crippen LogP contribution in [0.5, 0.6) is 5.75 Å². The van der Waals surface area contributed by atoms with Crippen molar-refractivity contribution in [3.63, 3.8) is 0 Å². The van der Waals surface area contributed by atoms with E-state index in [0.29, 0.717) is 12.0 Å². The van der Waals surface area contributed by atoms with Gasteiger partial charge in [0.1, 0.15) is 5.75 Å². The van der Waals surface area contributed by atoms with Crippen molar-refractivity contribution in [1.82, 2.24) is 0 Å². The molecule has 0 aliphatic heterocycles. The fourth-order valence-electron chi connectivity index (χ4n) is 2.52. The Kier molecular flexibility index (Phi) is 5.53. The van der Waals surface area contributed by atoms with E-state index in [1.165, 1.54) is 0 Å². The molecule has 20 heavy (non-hydrogen) atoms. The first kappa shape index (κ1) is 15.0. The maximum Gasteiger partial charge on any atom is 0.387 e. The minimum Gasteiger partial charge on any atom is -0.435 e. The number of allylic oxidation sites excluding steroid dienone is 1.